The topological polar surface area (TPSA) is 61.8 Å². The number of hydrogen-bond donors (Lipinski definition) is 0. The number of ether oxygens (including phenoxy) is 3. The van der Waals surface area contributed by atoms with Crippen LogP contribution in [0.2, 0.25) is 0 Å². The largest absolute Gasteiger partial charge is 0.482 e. The number of allylic oxidation sites excluding steroid dienone is 1. The highest BCUT2D eigenvalue weighted by molar-refractivity contribution is 9.10. The second-order valence-corrected chi connectivity index (χ2v) is 6.07. The lowest BCUT2D eigenvalue weighted by molar-refractivity contribution is -0.145. The molecule has 1 heterocycles. The van der Waals surface area contributed by atoms with E-state index in [1.165, 1.54) is 0 Å². The molecule has 1 aliphatic heterocycles. The van der Waals surface area contributed by atoms with Crippen LogP contribution in [-0.2, 0) is 9.53 Å². The van der Waals surface area contributed by atoms with Gasteiger partial charge in [-0.25, -0.2) is 4.79 Å². The molecule has 2 aromatic carbocycles. The Hall–Kier alpha value is -2.60. The smallest absolute Gasteiger partial charge is 0.344 e. The van der Waals surface area contributed by atoms with Crippen molar-refractivity contribution in [3.63, 3.8) is 0 Å². The van der Waals surface area contributed by atoms with E-state index in [2.05, 4.69) is 15.9 Å². The summed E-state index contributed by atoms with van der Waals surface area (Å²) in [4.78, 5) is 23.8. The fraction of sp³-hybridized carbons (Fsp3) is 0.158. The van der Waals surface area contributed by atoms with E-state index in [4.69, 9.17) is 14.2 Å². The first-order valence-corrected chi connectivity index (χ1v) is 8.49. The lowest BCUT2D eigenvalue weighted by Crippen LogP contribution is -2.14. The van der Waals surface area contributed by atoms with Gasteiger partial charge in [-0.15, -0.1) is 0 Å². The Labute approximate surface area is 153 Å². The quantitative estimate of drug-likeness (QED) is 0.558. The monoisotopic (exact) mass is 402 g/mol. The van der Waals surface area contributed by atoms with Crippen LogP contribution >= 0.6 is 15.9 Å². The van der Waals surface area contributed by atoms with Gasteiger partial charge in [0.15, 0.2) is 12.4 Å². The van der Waals surface area contributed by atoms with Crippen LogP contribution in [0.5, 0.6) is 11.5 Å². The van der Waals surface area contributed by atoms with Crippen LogP contribution < -0.4 is 9.47 Å². The number of benzene rings is 2. The van der Waals surface area contributed by atoms with Gasteiger partial charge in [0.05, 0.1) is 12.2 Å². The Morgan fingerprint density at radius 3 is 2.80 bits per heavy atom. The first kappa shape index (κ1) is 17.2. The highest BCUT2D eigenvalue weighted by atomic mass is 79.9. The van der Waals surface area contributed by atoms with Crippen LogP contribution in [0.3, 0.4) is 0 Å². The van der Waals surface area contributed by atoms with Gasteiger partial charge in [0.25, 0.3) is 0 Å². The third-order valence-corrected chi connectivity index (χ3v) is 4.22. The minimum atomic E-state index is -0.450. The van der Waals surface area contributed by atoms with Gasteiger partial charge < -0.3 is 14.2 Å². The molecule has 0 saturated heterocycles. The summed E-state index contributed by atoms with van der Waals surface area (Å²) < 4.78 is 16.7. The third-order valence-electron chi connectivity index (χ3n) is 3.50. The number of hydrogen-bond acceptors (Lipinski definition) is 5. The van der Waals surface area contributed by atoms with Gasteiger partial charge in [0.2, 0.25) is 5.78 Å². The number of fused-ring (bicyclic) bond motifs is 1. The van der Waals surface area contributed by atoms with Crippen LogP contribution in [0.15, 0.2) is 52.7 Å². The predicted molar refractivity (Wildman–Crippen MR) is 95.6 cm³/mol. The fourth-order valence-corrected chi connectivity index (χ4v) is 2.73. The van der Waals surface area contributed by atoms with Gasteiger partial charge in [-0.2, -0.15) is 0 Å². The molecule has 0 fully saturated rings. The van der Waals surface area contributed by atoms with E-state index in [9.17, 15) is 9.59 Å². The van der Waals surface area contributed by atoms with E-state index in [0.717, 1.165) is 10.0 Å². The van der Waals surface area contributed by atoms with Crippen LogP contribution in [0.1, 0.15) is 22.8 Å². The van der Waals surface area contributed by atoms with Crippen molar-refractivity contribution in [3.8, 4) is 11.5 Å². The van der Waals surface area contributed by atoms with Crippen LogP contribution in [-0.4, -0.2) is 25.0 Å². The molecular formula is C19H15BrO5. The van der Waals surface area contributed by atoms with Crippen molar-refractivity contribution in [2.75, 3.05) is 13.2 Å². The zero-order valence-electron chi connectivity index (χ0n) is 13.5. The van der Waals surface area contributed by atoms with Crippen molar-refractivity contribution in [2.24, 2.45) is 0 Å². The molecule has 0 amide bonds. The molecule has 0 bridgehead atoms. The Kier molecular flexibility index (Phi) is 5.19. The molecule has 0 saturated carbocycles. The van der Waals surface area contributed by atoms with Crippen LogP contribution in [0.25, 0.3) is 6.08 Å². The van der Waals surface area contributed by atoms with Gasteiger partial charge in [0.1, 0.15) is 11.5 Å². The molecule has 0 aromatic heterocycles. The van der Waals surface area contributed by atoms with E-state index in [1.54, 1.807) is 31.2 Å². The molecule has 0 radical (unpaired) electrons. The van der Waals surface area contributed by atoms with E-state index >= 15 is 0 Å². The molecule has 0 spiro atoms. The summed E-state index contributed by atoms with van der Waals surface area (Å²) in [7, 11) is 0. The standard InChI is InChI=1S/C19H15BrO5/c1-2-23-18(21)11-24-13-7-8-14-16(10-13)25-17(19(14)22)9-12-5-3-4-6-15(12)20/h3-10H,2,11H2,1H3. The van der Waals surface area contributed by atoms with Crippen LogP contribution in [0.4, 0.5) is 0 Å². The number of ketones is 1. The Bertz CT molecular complexity index is 857. The van der Waals surface area contributed by atoms with Gasteiger partial charge in [-0.3, -0.25) is 4.79 Å². The van der Waals surface area contributed by atoms with Gasteiger partial charge in [-0.05, 0) is 36.8 Å². The normalized spacial score (nSPS) is 14.2. The van der Waals surface area contributed by atoms with Crippen molar-refractivity contribution in [1.29, 1.82) is 0 Å². The second-order valence-electron chi connectivity index (χ2n) is 5.21. The molecule has 25 heavy (non-hydrogen) atoms. The number of Topliss-reactive ketones (excluding diaryl/α,β-unsaturated/α-hetero) is 1. The van der Waals surface area contributed by atoms with E-state index < -0.39 is 5.97 Å². The summed E-state index contributed by atoms with van der Waals surface area (Å²) in [5, 5.41) is 0. The highest BCUT2D eigenvalue weighted by Crippen LogP contribution is 2.35. The molecule has 6 heteroatoms. The zero-order chi connectivity index (χ0) is 17.8. The van der Waals surface area contributed by atoms with Crippen LogP contribution in [0, 0.1) is 0 Å². The molecule has 0 N–H and O–H groups in total. The van der Waals surface area contributed by atoms with Gasteiger partial charge in [-0.1, -0.05) is 34.1 Å². The minimum absolute atomic E-state index is 0.192. The Balaban J connectivity index is 1.77. The first-order chi connectivity index (χ1) is 12.1. The Morgan fingerprint density at radius 1 is 1.24 bits per heavy atom. The average Bonchev–Trinajstić information content (AvgIpc) is 2.91. The molecule has 2 aromatic rings. The lowest BCUT2D eigenvalue weighted by Gasteiger charge is -2.06. The summed E-state index contributed by atoms with van der Waals surface area (Å²) >= 11 is 3.44. The summed E-state index contributed by atoms with van der Waals surface area (Å²) in [6.07, 6.45) is 1.69. The molecule has 0 atom stereocenters. The lowest BCUT2D eigenvalue weighted by atomic mass is 10.1. The SMILES string of the molecule is CCOC(=O)COc1ccc2c(c1)OC(=Cc1ccccc1Br)C2=O. The highest BCUT2D eigenvalue weighted by Gasteiger charge is 2.28. The first-order valence-electron chi connectivity index (χ1n) is 7.69. The fourth-order valence-electron chi connectivity index (χ4n) is 2.34. The minimum Gasteiger partial charge on any atom is -0.482 e. The molecule has 1 aliphatic rings. The number of carbonyl (C=O) groups excluding carboxylic acids is 2. The maximum Gasteiger partial charge on any atom is 0.344 e. The van der Waals surface area contributed by atoms with E-state index in [1.807, 2.05) is 24.3 Å². The van der Waals surface area contributed by atoms with E-state index in [0.29, 0.717) is 23.7 Å². The molecular weight excluding hydrogens is 388 g/mol. The van der Waals surface area contributed by atoms with Crippen molar-refractivity contribution in [1.82, 2.24) is 0 Å². The predicted octanol–water partition coefficient (Wildman–Crippen LogP) is 4.01. The maximum atomic E-state index is 12.5. The van der Waals surface area contributed by atoms with Gasteiger partial charge in [0, 0.05) is 10.5 Å². The second kappa shape index (κ2) is 7.53. The van der Waals surface area contributed by atoms with Gasteiger partial charge >= 0.3 is 5.97 Å². The molecule has 3 rings (SSSR count). The Morgan fingerprint density at radius 2 is 2.04 bits per heavy atom. The van der Waals surface area contributed by atoms with Crippen molar-refractivity contribution < 1.29 is 23.8 Å². The number of esters is 1. The molecule has 5 nitrogen and oxygen atoms in total. The van der Waals surface area contributed by atoms with Crippen molar-refractivity contribution in [3.05, 3.63) is 63.8 Å². The van der Waals surface area contributed by atoms with Crippen molar-refractivity contribution >= 4 is 33.8 Å². The molecule has 0 unspecified atom stereocenters. The van der Waals surface area contributed by atoms with Crippen molar-refractivity contribution in [2.45, 2.75) is 6.92 Å². The summed E-state index contributed by atoms with van der Waals surface area (Å²) in [6, 6.07) is 12.4. The average molecular weight is 403 g/mol. The molecule has 128 valence electrons. The zero-order valence-corrected chi connectivity index (χ0v) is 15.0. The number of halogens is 1. The summed E-state index contributed by atoms with van der Waals surface area (Å²) in [6.45, 7) is 1.83. The number of carbonyl (C=O) groups is 2. The summed E-state index contributed by atoms with van der Waals surface area (Å²) in [5.41, 5.74) is 1.30. The third kappa shape index (κ3) is 3.91. The van der Waals surface area contributed by atoms with E-state index in [-0.39, 0.29) is 18.1 Å². The summed E-state index contributed by atoms with van der Waals surface area (Å²) in [5.74, 6) is 0.438. The number of rotatable bonds is 5. The maximum absolute atomic E-state index is 12.5. The molecule has 0 aliphatic carbocycles.